The molecule has 1 heterocycles. The van der Waals surface area contributed by atoms with Gasteiger partial charge in [-0.05, 0) is 56.4 Å². The lowest BCUT2D eigenvalue weighted by molar-refractivity contribution is 0.0645. The molecule has 0 aromatic heterocycles. The molecule has 25 heavy (non-hydrogen) atoms. The highest BCUT2D eigenvalue weighted by Crippen LogP contribution is 2.39. The van der Waals surface area contributed by atoms with E-state index in [9.17, 15) is 8.76 Å². The normalized spacial score (nSPS) is 33.2. The fraction of sp³-hybridized carbons (Fsp3) is 0.833. The third kappa shape index (κ3) is 4.09. The molecule has 7 heteroatoms. The van der Waals surface area contributed by atoms with Gasteiger partial charge in [0.2, 0.25) is 0 Å². The van der Waals surface area contributed by atoms with Crippen LogP contribution in [0.25, 0.3) is 0 Å². The molecule has 0 radical (unpaired) electrons. The van der Waals surface area contributed by atoms with Crippen LogP contribution in [0.15, 0.2) is 16.4 Å². The predicted molar refractivity (Wildman–Crippen MR) is 97.7 cm³/mol. The second-order valence-electron chi connectivity index (χ2n) is 7.42. The molecule has 2 atom stereocenters. The van der Waals surface area contributed by atoms with Crippen LogP contribution in [0.5, 0.6) is 0 Å². The van der Waals surface area contributed by atoms with E-state index in [1.165, 1.54) is 10.7 Å². The Balaban J connectivity index is 1.82. The number of hydrogen-bond acceptors (Lipinski definition) is 5. The van der Waals surface area contributed by atoms with Gasteiger partial charge in [0.1, 0.15) is 12.3 Å². The van der Waals surface area contributed by atoms with Crippen LogP contribution >= 0.6 is 0 Å². The summed E-state index contributed by atoms with van der Waals surface area (Å²) in [4.78, 5) is 0. The molecule has 1 aliphatic heterocycles. The lowest BCUT2D eigenvalue weighted by atomic mass is 9.81. The number of nitrogens with zero attached hydrogens (tertiary/aromatic N) is 2. The molecule has 142 valence electrons. The van der Waals surface area contributed by atoms with Gasteiger partial charge in [0.25, 0.3) is 0 Å². The topological polar surface area (TPSA) is 74.2 Å². The lowest BCUT2D eigenvalue weighted by Gasteiger charge is -2.30. The molecule has 1 saturated carbocycles. The van der Waals surface area contributed by atoms with Crippen LogP contribution in [0.3, 0.4) is 0 Å². The van der Waals surface area contributed by atoms with Crippen LogP contribution in [0, 0.1) is 5.92 Å². The summed E-state index contributed by atoms with van der Waals surface area (Å²) in [7, 11) is 0.0656. The maximum Gasteiger partial charge on any atom is 0.163 e. The van der Waals surface area contributed by atoms with Crippen molar-refractivity contribution in [3.05, 3.63) is 11.3 Å². The lowest BCUT2D eigenvalue weighted by Crippen LogP contribution is -2.38. The third-order valence-corrected chi connectivity index (χ3v) is 6.84. The Hall–Kier alpha value is -0.920. The summed E-state index contributed by atoms with van der Waals surface area (Å²) in [6.45, 7) is 0. The van der Waals surface area contributed by atoms with Gasteiger partial charge in [0, 0.05) is 25.7 Å². The Morgan fingerprint density at radius 2 is 1.84 bits per heavy atom. The van der Waals surface area contributed by atoms with Gasteiger partial charge in [0.15, 0.2) is 10.4 Å². The van der Waals surface area contributed by atoms with Gasteiger partial charge in [0.05, 0.1) is 19.0 Å². The summed E-state index contributed by atoms with van der Waals surface area (Å²) in [6.07, 6.45) is 10.4. The minimum absolute atomic E-state index is 0.194. The minimum Gasteiger partial charge on any atom is -0.592 e. The van der Waals surface area contributed by atoms with Crippen LogP contribution in [-0.4, -0.2) is 47.3 Å². The van der Waals surface area contributed by atoms with Crippen molar-refractivity contribution in [1.29, 1.82) is 0 Å². The summed E-state index contributed by atoms with van der Waals surface area (Å²) in [5.41, 5.74) is 2.17. The summed E-state index contributed by atoms with van der Waals surface area (Å²) >= 11 is 0. The summed E-state index contributed by atoms with van der Waals surface area (Å²) in [5, 5.41) is 4.59. The molecule has 0 N–H and O–H groups in total. The van der Waals surface area contributed by atoms with E-state index in [1.54, 1.807) is 14.2 Å². The Morgan fingerprint density at radius 3 is 2.44 bits per heavy atom. The second-order valence-corrected chi connectivity index (χ2v) is 9.26. The predicted octanol–water partition coefficient (Wildman–Crippen LogP) is 3.27. The van der Waals surface area contributed by atoms with E-state index >= 15 is 0 Å². The van der Waals surface area contributed by atoms with Crippen LogP contribution in [0.2, 0.25) is 0 Å². The van der Waals surface area contributed by atoms with Crippen molar-refractivity contribution in [2.45, 2.75) is 69.9 Å². The van der Waals surface area contributed by atoms with Crippen LogP contribution < -0.4 is 0 Å². The van der Waals surface area contributed by atoms with Crippen LogP contribution in [0.4, 0.5) is 0 Å². The van der Waals surface area contributed by atoms with E-state index in [-0.39, 0.29) is 6.04 Å². The first-order valence-corrected chi connectivity index (χ1v) is 11.1. The highest BCUT2D eigenvalue weighted by atomic mass is 32.3. The highest BCUT2D eigenvalue weighted by Gasteiger charge is 2.42. The monoisotopic (exact) mass is 370 g/mol. The average molecular weight is 371 g/mol. The molecule has 2 unspecified atom stereocenters. The van der Waals surface area contributed by atoms with Gasteiger partial charge in [-0.2, -0.15) is 0 Å². The number of sulfonamides is 1. The molecule has 3 rings (SSSR count). The first kappa shape index (κ1) is 18.9. The Kier molecular flexibility index (Phi) is 5.85. The molecule has 0 saturated heterocycles. The molecule has 3 aliphatic rings. The zero-order valence-corrected chi connectivity index (χ0v) is 16.3. The van der Waals surface area contributed by atoms with Crippen LogP contribution in [-0.2, 0) is 24.1 Å². The Bertz CT molecular complexity index is 590. The van der Waals surface area contributed by atoms with Crippen molar-refractivity contribution < 1.29 is 18.2 Å². The number of rotatable bonds is 5. The maximum absolute atomic E-state index is 12.3. The van der Waals surface area contributed by atoms with Gasteiger partial charge in [-0.25, -0.2) is 0 Å². The van der Waals surface area contributed by atoms with Crippen molar-refractivity contribution in [2.24, 2.45) is 11.0 Å². The molecule has 0 amide bonds. The van der Waals surface area contributed by atoms with E-state index in [2.05, 4.69) is 5.10 Å². The summed E-state index contributed by atoms with van der Waals surface area (Å²) < 4.78 is 37.1. The number of methoxy groups -OCH3 is 2. The SMILES string of the molecule is COC1=C(C2CC(C3CCC(OC)CC3)=NN2[S+](C)(=O)[O-])CCCC1. The quantitative estimate of drug-likeness (QED) is 0.696. The van der Waals surface area contributed by atoms with Crippen molar-refractivity contribution in [3.63, 3.8) is 0 Å². The van der Waals surface area contributed by atoms with E-state index in [0.717, 1.165) is 68.4 Å². The fourth-order valence-electron chi connectivity index (χ4n) is 4.44. The number of hydrogen-bond donors (Lipinski definition) is 0. The molecule has 0 aromatic rings. The van der Waals surface area contributed by atoms with E-state index in [1.807, 2.05) is 0 Å². The van der Waals surface area contributed by atoms with E-state index < -0.39 is 10.4 Å². The average Bonchev–Trinajstić information content (AvgIpc) is 3.07. The molecule has 0 bridgehead atoms. The van der Waals surface area contributed by atoms with E-state index in [4.69, 9.17) is 9.47 Å². The molecular formula is C18H30N2O4S. The smallest absolute Gasteiger partial charge is 0.163 e. The zero-order chi connectivity index (χ0) is 18.0. The molecule has 0 aromatic carbocycles. The zero-order valence-electron chi connectivity index (χ0n) is 15.5. The maximum atomic E-state index is 12.3. The summed E-state index contributed by atoms with van der Waals surface area (Å²) in [6, 6.07) is -0.194. The highest BCUT2D eigenvalue weighted by molar-refractivity contribution is 7.94. The molecular weight excluding hydrogens is 340 g/mol. The minimum atomic E-state index is -3.39. The van der Waals surface area contributed by atoms with Gasteiger partial charge in [-0.15, -0.1) is 9.52 Å². The largest absolute Gasteiger partial charge is 0.592 e. The van der Waals surface area contributed by atoms with Gasteiger partial charge >= 0.3 is 0 Å². The van der Waals surface area contributed by atoms with Gasteiger partial charge in [-0.1, -0.05) is 4.21 Å². The van der Waals surface area contributed by atoms with E-state index in [0.29, 0.717) is 18.4 Å². The molecule has 0 spiro atoms. The number of allylic oxidation sites excluding steroid dienone is 1. The van der Waals surface area contributed by atoms with Crippen molar-refractivity contribution in [2.75, 3.05) is 20.5 Å². The fourth-order valence-corrected chi connectivity index (χ4v) is 5.36. The number of ether oxygens (including phenoxy) is 2. The van der Waals surface area contributed by atoms with Crippen molar-refractivity contribution in [1.82, 2.24) is 4.41 Å². The molecule has 2 aliphatic carbocycles. The van der Waals surface area contributed by atoms with Gasteiger partial charge < -0.3 is 14.0 Å². The standard InChI is InChI=1S/C18H30N2O4S/c1-23-14-10-8-13(9-11-14)16-12-17(20(19-16)25(3,21)22)15-6-4-5-7-18(15)24-2/h13-14,17H,4-12H2,1-3H3. The van der Waals surface area contributed by atoms with Crippen molar-refractivity contribution in [3.8, 4) is 0 Å². The first-order chi connectivity index (χ1) is 11.9. The Labute approximate surface area is 152 Å². The Morgan fingerprint density at radius 1 is 1.16 bits per heavy atom. The summed E-state index contributed by atoms with van der Waals surface area (Å²) in [5.74, 6) is 1.33. The van der Waals surface area contributed by atoms with Gasteiger partial charge in [-0.3, -0.25) is 0 Å². The third-order valence-electron chi connectivity index (χ3n) is 5.82. The molecule has 6 nitrogen and oxygen atoms in total. The van der Waals surface area contributed by atoms with Crippen LogP contribution in [0.1, 0.15) is 57.8 Å². The first-order valence-electron chi connectivity index (χ1n) is 9.29. The second kappa shape index (κ2) is 7.76. The number of hydrazone groups is 1. The van der Waals surface area contributed by atoms with Crippen molar-refractivity contribution >= 4 is 16.1 Å². The molecule has 1 fully saturated rings.